The average molecular weight is 320 g/mol. The fourth-order valence-corrected chi connectivity index (χ4v) is 6.44. The molecule has 0 bridgehead atoms. The molecular weight excluding hydrogens is 288 g/mol. The summed E-state index contributed by atoms with van der Waals surface area (Å²) in [6.45, 7) is 14.6. The van der Waals surface area contributed by atoms with Crippen LogP contribution in [-0.2, 0) is 9.53 Å². The maximum absolute atomic E-state index is 12.5. The Morgan fingerprint density at radius 2 is 1.87 bits per heavy atom. The van der Waals surface area contributed by atoms with E-state index in [1.807, 2.05) is 13.0 Å². The SMILES string of the molecule is C=C[C@@]1(C)C[C@H](O)[C@@H]2[C@]3(C)CCC(=O)C(C)(C)[C@H]3CC[C@]2(C)O1. The summed E-state index contributed by atoms with van der Waals surface area (Å²) in [7, 11) is 0. The lowest BCUT2D eigenvalue weighted by molar-refractivity contribution is -0.280. The number of fused-ring (bicyclic) bond motifs is 3. The van der Waals surface area contributed by atoms with E-state index in [9.17, 15) is 9.90 Å². The fraction of sp³-hybridized carbons (Fsp3) is 0.850. The summed E-state index contributed by atoms with van der Waals surface area (Å²) in [5.41, 5.74) is -1.16. The van der Waals surface area contributed by atoms with E-state index in [2.05, 4.69) is 34.3 Å². The zero-order valence-corrected chi connectivity index (χ0v) is 15.3. The van der Waals surface area contributed by atoms with Gasteiger partial charge in [-0.15, -0.1) is 6.58 Å². The molecule has 3 nitrogen and oxygen atoms in total. The summed E-state index contributed by atoms with van der Waals surface area (Å²) in [6, 6.07) is 0. The first-order valence-electron chi connectivity index (χ1n) is 9.04. The highest BCUT2D eigenvalue weighted by Crippen LogP contribution is 2.64. The average Bonchev–Trinajstić information content (AvgIpc) is 2.41. The quantitative estimate of drug-likeness (QED) is 0.746. The highest BCUT2D eigenvalue weighted by Gasteiger charge is 2.65. The Labute approximate surface area is 140 Å². The van der Waals surface area contributed by atoms with Crippen LogP contribution in [0.2, 0.25) is 0 Å². The molecule has 3 fully saturated rings. The maximum Gasteiger partial charge on any atom is 0.138 e. The van der Waals surface area contributed by atoms with Gasteiger partial charge in [-0.3, -0.25) is 4.79 Å². The molecule has 130 valence electrons. The molecule has 0 aromatic rings. The maximum atomic E-state index is 12.5. The molecule has 1 N–H and O–H groups in total. The minimum absolute atomic E-state index is 0.0493. The third-order valence-corrected chi connectivity index (χ3v) is 7.47. The molecule has 0 aromatic carbocycles. The molecule has 3 heteroatoms. The van der Waals surface area contributed by atoms with Crippen molar-refractivity contribution in [3.63, 3.8) is 0 Å². The molecule has 6 atom stereocenters. The van der Waals surface area contributed by atoms with Gasteiger partial charge in [0.1, 0.15) is 5.78 Å². The predicted molar refractivity (Wildman–Crippen MR) is 91.1 cm³/mol. The van der Waals surface area contributed by atoms with Gasteiger partial charge in [0.05, 0.1) is 17.3 Å². The zero-order valence-electron chi connectivity index (χ0n) is 15.3. The standard InChI is InChI=1S/C20H32O3/c1-7-18(4)12-13(21)16-19(5)10-9-15(22)17(2,3)14(19)8-11-20(16,6)23-18/h7,13-14,16,21H,1,8-12H2,2-6H3/t13-,14+,16+,18-,19+,20-/m0/s1. The van der Waals surface area contributed by atoms with Crippen LogP contribution < -0.4 is 0 Å². The fourth-order valence-electron chi connectivity index (χ4n) is 6.44. The summed E-state index contributed by atoms with van der Waals surface area (Å²) >= 11 is 0. The van der Waals surface area contributed by atoms with Crippen molar-refractivity contribution in [2.75, 3.05) is 0 Å². The number of rotatable bonds is 1. The van der Waals surface area contributed by atoms with Gasteiger partial charge in [0.15, 0.2) is 0 Å². The smallest absolute Gasteiger partial charge is 0.138 e. The van der Waals surface area contributed by atoms with Crippen molar-refractivity contribution in [1.29, 1.82) is 0 Å². The van der Waals surface area contributed by atoms with Crippen molar-refractivity contribution in [2.24, 2.45) is 22.7 Å². The highest BCUT2D eigenvalue weighted by atomic mass is 16.5. The van der Waals surface area contributed by atoms with Crippen molar-refractivity contribution < 1.29 is 14.6 Å². The topological polar surface area (TPSA) is 46.5 Å². The minimum atomic E-state index is -0.464. The van der Waals surface area contributed by atoms with E-state index in [0.29, 0.717) is 24.5 Å². The number of hydrogen-bond donors (Lipinski definition) is 1. The Morgan fingerprint density at radius 3 is 2.48 bits per heavy atom. The van der Waals surface area contributed by atoms with Gasteiger partial charge in [-0.2, -0.15) is 0 Å². The van der Waals surface area contributed by atoms with Gasteiger partial charge < -0.3 is 9.84 Å². The van der Waals surface area contributed by atoms with Gasteiger partial charge in [-0.25, -0.2) is 0 Å². The number of hydrogen-bond acceptors (Lipinski definition) is 3. The third kappa shape index (κ3) is 2.26. The van der Waals surface area contributed by atoms with Crippen molar-refractivity contribution in [1.82, 2.24) is 0 Å². The number of ether oxygens (including phenoxy) is 1. The Balaban J connectivity index is 2.03. The van der Waals surface area contributed by atoms with E-state index >= 15 is 0 Å². The number of carbonyl (C=O) groups excluding carboxylic acids is 1. The predicted octanol–water partition coefficient (Wildman–Crippen LogP) is 3.89. The van der Waals surface area contributed by atoms with Crippen molar-refractivity contribution >= 4 is 5.78 Å². The number of Topliss-reactive ketones (excluding diaryl/α,β-unsaturated/α-hetero) is 1. The van der Waals surface area contributed by atoms with Gasteiger partial charge in [0.2, 0.25) is 0 Å². The van der Waals surface area contributed by atoms with Crippen molar-refractivity contribution in [3.8, 4) is 0 Å². The molecular formula is C20H32O3. The largest absolute Gasteiger partial charge is 0.393 e. The summed E-state index contributed by atoms with van der Waals surface area (Å²) < 4.78 is 6.53. The van der Waals surface area contributed by atoms with E-state index in [1.54, 1.807) is 0 Å². The Hall–Kier alpha value is -0.670. The molecule has 0 spiro atoms. The molecule has 0 radical (unpaired) electrons. The number of aliphatic hydroxyl groups is 1. The first-order valence-corrected chi connectivity index (χ1v) is 9.04. The molecule has 0 amide bonds. The van der Waals surface area contributed by atoms with Gasteiger partial charge in [-0.1, -0.05) is 26.8 Å². The molecule has 23 heavy (non-hydrogen) atoms. The molecule has 1 saturated heterocycles. The second-order valence-corrected chi connectivity index (χ2v) is 9.42. The molecule has 3 aliphatic rings. The van der Waals surface area contributed by atoms with E-state index in [4.69, 9.17) is 4.74 Å². The molecule has 1 heterocycles. The summed E-state index contributed by atoms with van der Waals surface area (Å²) in [5, 5.41) is 11.1. The van der Waals surface area contributed by atoms with Crippen LogP contribution in [0.5, 0.6) is 0 Å². The van der Waals surface area contributed by atoms with E-state index < -0.39 is 11.7 Å². The van der Waals surface area contributed by atoms with Gasteiger partial charge in [-0.05, 0) is 44.4 Å². The lowest BCUT2D eigenvalue weighted by Crippen LogP contribution is -2.67. The Bertz CT molecular complexity index is 539. The third-order valence-electron chi connectivity index (χ3n) is 7.47. The second-order valence-electron chi connectivity index (χ2n) is 9.42. The summed E-state index contributed by atoms with van der Waals surface area (Å²) in [6.07, 6.45) is 5.39. The highest BCUT2D eigenvalue weighted by molar-refractivity contribution is 5.85. The lowest BCUT2D eigenvalue weighted by Gasteiger charge is -2.65. The molecule has 2 aliphatic carbocycles. The van der Waals surface area contributed by atoms with Gasteiger partial charge >= 0.3 is 0 Å². The van der Waals surface area contributed by atoms with Crippen LogP contribution in [0.1, 0.15) is 66.7 Å². The van der Waals surface area contributed by atoms with Crippen LogP contribution in [0, 0.1) is 22.7 Å². The van der Waals surface area contributed by atoms with Crippen molar-refractivity contribution in [3.05, 3.63) is 12.7 Å². The minimum Gasteiger partial charge on any atom is -0.393 e. The zero-order chi connectivity index (χ0) is 17.3. The first-order chi connectivity index (χ1) is 10.5. The Kier molecular flexibility index (Phi) is 3.67. The number of aliphatic hydroxyl groups excluding tert-OH is 1. The van der Waals surface area contributed by atoms with Crippen LogP contribution in [-0.4, -0.2) is 28.2 Å². The van der Waals surface area contributed by atoms with Crippen molar-refractivity contribution in [2.45, 2.75) is 84.0 Å². The lowest BCUT2D eigenvalue weighted by atomic mass is 9.43. The summed E-state index contributed by atoms with van der Waals surface area (Å²) in [4.78, 5) is 12.5. The van der Waals surface area contributed by atoms with E-state index in [1.165, 1.54) is 0 Å². The molecule has 0 aromatic heterocycles. The summed E-state index contributed by atoms with van der Waals surface area (Å²) in [5.74, 6) is 0.778. The molecule has 2 saturated carbocycles. The van der Waals surface area contributed by atoms with Crippen LogP contribution in [0.25, 0.3) is 0 Å². The van der Waals surface area contributed by atoms with E-state index in [0.717, 1.165) is 19.3 Å². The van der Waals surface area contributed by atoms with Crippen LogP contribution in [0.3, 0.4) is 0 Å². The van der Waals surface area contributed by atoms with Crippen LogP contribution >= 0.6 is 0 Å². The van der Waals surface area contributed by atoms with Gasteiger partial charge in [0.25, 0.3) is 0 Å². The van der Waals surface area contributed by atoms with Gasteiger partial charge in [0, 0.05) is 24.2 Å². The monoisotopic (exact) mass is 320 g/mol. The molecule has 0 unspecified atom stereocenters. The van der Waals surface area contributed by atoms with Crippen LogP contribution in [0.15, 0.2) is 12.7 Å². The number of ketones is 1. The second kappa shape index (κ2) is 4.92. The Morgan fingerprint density at radius 1 is 1.22 bits per heavy atom. The van der Waals surface area contributed by atoms with Crippen LogP contribution in [0.4, 0.5) is 0 Å². The molecule has 1 aliphatic heterocycles. The normalized spacial score (nSPS) is 52.4. The molecule has 3 rings (SSSR count). The van der Waals surface area contributed by atoms with E-state index in [-0.39, 0.29) is 22.3 Å². The first kappa shape index (κ1) is 17.2. The number of carbonyl (C=O) groups is 1.